The van der Waals surface area contributed by atoms with Gasteiger partial charge < -0.3 is 4.98 Å². The Bertz CT molecular complexity index is 805. The van der Waals surface area contributed by atoms with Crippen molar-refractivity contribution in [1.29, 1.82) is 0 Å². The molecule has 0 spiro atoms. The van der Waals surface area contributed by atoms with Crippen LogP contribution in [0.2, 0.25) is 5.02 Å². The maximum atomic E-state index is 13.4. The fourth-order valence-corrected chi connectivity index (χ4v) is 2.49. The minimum atomic E-state index is -0.360. The van der Waals surface area contributed by atoms with E-state index >= 15 is 0 Å². The van der Waals surface area contributed by atoms with Crippen molar-refractivity contribution in [2.75, 3.05) is 0 Å². The van der Waals surface area contributed by atoms with E-state index in [-0.39, 0.29) is 11.6 Å². The molecule has 0 amide bonds. The molecule has 0 radical (unpaired) electrons. The molecule has 0 saturated carbocycles. The molecular weight excluding hydrogens is 277 g/mol. The lowest BCUT2D eigenvalue weighted by Crippen LogP contribution is -1.94. The normalized spacial score (nSPS) is 10.9. The average molecular weight is 288 g/mol. The van der Waals surface area contributed by atoms with Gasteiger partial charge in [0.2, 0.25) is 0 Å². The summed E-state index contributed by atoms with van der Waals surface area (Å²) in [5.74, 6) is -0.464. The Kier molecular flexibility index (Phi) is 3.07. The molecule has 0 unspecified atom stereocenters. The van der Waals surface area contributed by atoms with E-state index in [0.29, 0.717) is 21.7 Å². The number of aromatic amines is 1. The Balaban J connectivity index is 2.32. The molecule has 100 valence electrons. The number of aromatic nitrogens is 1. The van der Waals surface area contributed by atoms with Crippen LogP contribution in [-0.2, 0) is 0 Å². The Labute approximate surface area is 120 Å². The van der Waals surface area contributed by atoms with Gasteiger partial charge in [-0.1, -0.05) is 23.7 Å². The van der Waals surface area contributed by atoms with Gasteiger partial charge in [-0.05, 0) is 42.8 Å². The summed E-state index contributed by atoms with van der Waals surface area (Å²) in [6.07, 6.45) is 0. The second-order valence-electron chi connectivity index (χ2n) is 4.63. The molecule has 2 aromatic carbocycles. The highest BCUT2D eigenvalue weighted by Gasteiger charge is 2.17. The van der Waals surface area contributed by atoms with Gasteiger partial charge in [0.1, 0.15) is 5.82 Å². The van der Waals surface area contributed by atoms with Gasteiger partial charge in [0.05, 0.1) is 11.3 Å². The van der Waals surface area contributed by atoms with Gasteiger partial charge in [-0.3, -0.25) is 4.79 Å². The summed E-state index contributed by atoms with van der Waals surface area (Å²) in [4.78, 5) is 15.1. The first-order valence-corrected chi connectivity index (χ1v) is 6.52. The smallest absolute Gasteiger partial charge is 0.162 e. The van der Waals surface area contributed by atoms with Crippen LogP contribution in [-0.4, -0.2) is 10.8 Å². The van der Waals surface area contributed by atoms with Gasteiger partial charge in [0.15, 0.2) is 5.78 Å². The molecule has 1 aromatic heterocycles. The number of ketones is 1. The van der Waals surface area contributed by atoms with Crippen molar-refractivity contribution < 1.29 is 9.18 Å². The highest BCUT2D eigenvalue weighted by molar-refractivity contribution is 6.30. The summed E-state index contributed by atoms with van der Waals surface area (Å²) in [5.41, 5.74) is 2.77. The monoisotopic (exact) mass is 287 g/mol. The molecular formula is C16H11ClFNO. The van der Waals surface area contributed by atoms with Gasteiger partial charge in [-0.25, -0.2) is 4.39 Å². The van der Waals surface area contributed by atoms with Crippen LogP contribution in [0.25, 0.3) is 22.2 Å². The zero-order valence-electron chi connectivity index (χ0n) is 10.7. The molecule has 3 aromatic rings. The van der Waals surface area contributed by atoms with E-state index < -0.39 is 0 Å². The number of benzene rings is 2. The van der Waals surface area contributed by atoms with E-state index in [2.05, 4.69) is 4.98 Å². The van der Waals surface area contributed by atoms with Gasteiger partial charge in [0.25, 0.3) is 0 Å². The largest absolute Gasteiger partial charge is 0.354 e. The molecule has 0 atom stereocenters. The number of H-pyrrole nitrogens is 1. The summed E-state index contributed by atoms with van der Waals surface area (Å²) in [7, 11) is 0. The van der Waals surface area contributed by atoms with Crippen molar-refractivity contribution in [3.05, 3.63) is 58.9 Å². The number of Topliss-reactive ketones (excluding diaryl/α,β-unsaturated/α-hetero) is 1. The van der Waals surface area contributed by atoms with Gasteiger partial charge in [-0.2, -0.15) is 0 Å². The van der Waals surface area contributed by atoms with Gasteiger partial charge in [-0.15, -0.1) is 0 Å². The van der Waals surface area contributed by atoms with Crippen molar-refractivity contribution in [2.24, 2.45) is 0 Å². The van der Waals surface area contributed by atoms with Crippen molar-refractivity contribution in [3.8, 4) is 11.3 Å². The lowest BCUT2D eigenvalue weighted by molar-refractivity contribution is 0.102. The second-order valence-corrected chi connectivity index (χ2v) is 5.06. The molecule has 0 saturated heterocycles. The topological polar surface area (TPSA) is 32.9 Å². The fraction of sp³-hybridized carbons (Fsp3) is 0.0625. The van der Waals surface area contributed by atoms with Crippen LogP contribution < -0.4 is 0 Å². The first kappa shape index (κ1) is 12.9. The molecule has 20 heavy (non-hydrogen) atoms. The van der Waals surface area contributed by atoms with Crippen molar-refractivity contribution in [1.82, 2.24) is 4.98 Å². The third-order valence-electron chi connectivity index (χ3n) is 3.25. The lowest BCUT2D eigenvalue weighted by Gasteiger charge is -2.02. The van der Waals surface area contributed by atoms with Crippen LogP contribution in [0.4, 0.5) is 4.39 Å². The summed E-state index contributed by atoms with van der Waals surface area (Å²) >= 11 is 5.87. The number of carbonyl (C=O) groups excluding carboxylic acids is 1. The number of rotatable bonds is 2. The van der Waals surface area contributed by atoms with E-state index in [0.717, 1.165) is 11.1 Å². The lowest BCUT2D eigenvalue weighted by atomic mass is 10.0. The van der Waals surface area contributed by atoms with Crippen LogP contribution in [0.15, 0.2) is 42.5 Å². The standard InChI is InChI=1S/C16H11ClFNO/c1-9(20)15-13-8-12(18)6-7-14(13)19-16(15)10-2-4-11(17)5-3-10/h2-8,19H,1H3. The Morgan fingerprint density at radius 1 is 1.15 bits per heavy atom. The molecule has 0 bridgehead atoms. The average Bonchev–Trinajstić information content (AvgIpc) is 2.78. The Hall–Kier alpha value is -2.13. The van der Waals surface area contributed by atoms with Crippen LogP contribution in [0.5, 0.6) is 0 Å². The van der Waals surface area contributed by atoms with Crippen LogP contribution in [0.3, 0.4) is 0 Å². The molecule has 0 aliphatic carbocycles. The fourth-order valence-electron chi connectivity index (χ4n) is 2.36. The molecule has 1 heterocycles. The Morgan fingerprint density at radius 2 is 1.85 bits per heavy atom. The number of hydrogen-bond donors (Lipinski definition) is 1. The van der Waals surface area contributed by atoms with Crippen LogP contribution >= 0.6 is 11.6 Å². The quantitative estimate of drug-likeness (QED) is 0.673. The maximum absolute atomic E-state index is 13.4. The maximum Gasteiger partial charge on any atom is 0.162 e. The molecule has 3 rings (SSSR count). The summed E-state index contributed by atoms with van der Waals surface area (Å²) in [5, 5.41) is 1.22. The summed E-state index contributed by atoms with van der Waals surface area (Å²) in [6.45, 7) is 1.48. The Morgan fingerprint density at radius 3 is 2.50 bits per heavy atom. The molecule has 4 heteroatoms. The van der Waals surface area contributed by atoms with Crippen molar-refractivity contribution in [3.63, 3.8) is 0 Å². The number of carbonyl (C=O) groups is 1. The van der Waals surface area contributed by atoms with E-state index in [1.54, 1.807) is 18.2 Å². The first-order valence-electron chi connectivity index (χ1n) is 6.14. The van der Waals surface area contributed by atoms with Crippen LogP contribution in [0.1, 0.15) is 17.3 Å². The zero-order chi connectivity index (χ0) is 14.3. The number of nitrogens with one attached hydrogen (secondary N) is 1. The van der Waals surface area contributed by atoms with E-state index in [9.17, 15) is 9.18 Å². The predicted molar refractivity (Wildman–Crippen MR) is 78.7 cm³/mol. The van der Waals surface area contributed by atoms with Crippen molar-refractivity contribution in [2.45, 2.75) is 6.92 Å². The third-order valence-corrected chi connectivity index (χ3v) is 3.50. The van der Waals surface area contributed by atoms with E-state index in [4.69, 9.17) is 11.6 Å². The minimum absolute atomic E-state index is 0.105. The highest BCUT2D eigenvalue weighted by atomic mass is 35.5. The predicted octanol–water partition coefficient (Wildman–Crippen LogP) is 4.83. The SMILES string of the molecule is CC(=O)c1c(-c2ccc(Cl)cc2)[nH]c2ccc(F)cc12. The van der Waals surface area contributed by atoms with Gasteiger partial charge >= 0.3 is 0 Å². The second kappa shape index (κ2) is 4.76. The highest BCUT2D eigenvalue weighted by Crippen LogP contribution is 2.31. The number of fused-ring (bicyclic) bond motifs is 1. The first-order chi connectivity index (χ1) is 9.56. The summed E-state index contributed by atoms with van der Waals surface area (Å²) < 4.78 is 13.4. The molecule has 0 fully saturated rings. The van der Waals surface area contributed by atoms with Crippen LogP contribution in [0, 0.1) is 5.82 Å². The summed E-state index contributed by atoms with van der Waals surface area (Å²) in [6, 6.07) is 11.6. The number of hydrogen-bond acceptors (Lipinski definition) is 1. The van der Waals surface area contributed by atoms with Crippen molar-refractivity contribution >= 4 is 28.3 Å². The number of halogens is 2. The molecule has 0 aliphatic heterocycles. The molecule has 1 N–H and O–H groups in total. The third kappa shape index (κ3) is 2.10. The van der Waals surface area contributed by atoms with Gasteiger partial charge in [0, 0.05) is 15.9 Å². The zero-order valence-corrected chi connectivity index (χ0v) is 11.5. The van der Waals surface area contributed by atoms with E-state index in [1.807, 2.05) is 12.1 Å². The van der Waals surface area contributed by atoms with E-state index in [1.165, 1.54) is 19.1 Å². The molecule has 0 aliphatic rings. The minimum Gasteiger partial charge on any atom is -0.354 e. The molecule has 2 nitrogen and oxygen atoms in total.